The molecule has 0 saturated heterocycles. The minimum Gasteiger partial charge on any atom is -0.338 e. The van der Waals surface area contributed by atoms with Gasteiger partial charge in [0, 0.05) is 13.1 Å². The molecule has 1 amide bonds. The first-order valence-electron chi connectivity index (χ1n) is 2.28. The molecule has 1 aliphatic heterocycles. The zero-order valence-electron chi connectivity index (χ0n) is 4.41. The lowest BCUT2D eigenvalue weighted by atomic mass is 10.6. The summed E-state index contributed by atoms with van der Waals surface area (Å²) < 4.78 is 0. The van der Waals surface area contributed by atoms with Crippen molar-refractivity contribution in [3.63, 3.8) is 0 Å². The van der Waals surface area contributed by atoms with Crippen molar-refractivity contribution in [2.75, 3.05) is 13.1 Å². The van der Waals surface area contributed by atoms with Crippen LogP contribution in [-0.4, -0.2) is 24.4 Å². The van der Waals surface area contributed by atoms with Crippen LogP contribution < -0.4 is 0 Å². The monoisotopic (exact) mass is 133 g/mol. The van der Waals surface area contributed by atoms with Crippen molar-refractivity contribution >= 4 is 18.8 Å². The molecule has 1 aliphatic rings. The fourth-order valence-corrected chi connectivity index (χ4v) is 0.580. The van der Waals surface area contributed by atoms with Gasteiger partial charge in [0.15, 0.2) is 0 Å². The topological polar surface area (TPSA) is 20.3 Å². The predicted molar refractivity (Wildman–Crippen MR) is 34.0 cm³/mol. The van der Waals surface area contributed by atoms with E-state index in [-0.39, 0.29) is 12.4 Å². The summed E-state index contributed by atoms with van der Waals surface area (Å²) in [4.78, 5) is 11.6. The minimum atomic E-state index is 0. The predicted octanol–water partition coefficient (Wildman–Crippen LogP) is 0.436. The Bertz CT molecular complexity index is 94.6. The summed E-state index contributed by atoms with van der Waals surface area (Å²) in [5.74, 6) is 0. The van der Waals surface area contributed by atoms with E-state index in [0.29, 0.717) is 0 Å². The van der Waals surface area contributed by atoms with E-state index in [0.717, 1.165) is 19.5 Å². The van der Waals surface area contributed by atoms with Crippen molar-refractivity contribution < 1.29 is 4.79 Å². The third kappa shape index (κ3) is 1.54. The Morgan fingerprint density at radius 3 is 2.12 bits per heavy atom. The number of carbonyl (C=O) groups is 1. The summed E-state index contributed by atoms with van der Waals surface area (Å²) in [5, 5.41) is 0. The van der Waals surface area contributed by atoms with Crippen molar-refractivity contribution in [3.8, 4) is 0 Å². The molecule has 0 aromatic heterocycles. The average molecular weight is 134 g/mol. The molecule has 8 heavy (non-hydrogen) atoms. The van der Waals surface area contributed by atoms with E-state index in [9.17, 15) is 4.79 Å². The first kappa shape index (κ1) is 7.50. The number of carbonyl (C=O) groups excluding carboxylic acids is 1. The lowest BCUT2D eigenvalue weighted by molar-refractivity contribution is -0.116. The molecule has 3 heteroatoms. The van der Waals surface area contributed by atoms with Gasteiger partial charge in [-0.15, -0.1) is 12.4 Å². The molecule has 0 unspecified atom stereocenters. The van der Waals surface area contributed by atoms with Crippen LogP contribution >= 0.6 is 12.4 Å². The number of hydrogen-bond acceptors (Lipinski definition) is 1. The van der Waals surface area contributed by atoms with E-state index in [2.05, 4.69) is 0 Å². The molecule has 0 spiro atoms. The van der Waals surface area contributed by atoms with E-state index in [1.165, 1.54) is 0 Å². The second-order valence-electron chi connectivity index (χ2n) is 1.53. The largest absolute Gasteiger partial charge is 0.338 e. The van der Waals surface area contributed by atoms with Gasteiger partial charge >= 0.3 is 0 Å². The molecular formula is C5H8ClNO. The Hall–Kier alpha value is -0.500. The summed E-state index contributed by atoms with van der Waals surface area (Å²) in [7, 11) is 0. The zero-order chi connectivity index (χ0) is 5.11. The van der Waals surface area contributed by atoms with E-state index >= 15 is 0 Å². The van der Waals surface area contributed by atoms with Crippen LogP contribution in [0.2, 0.25) is 0 Å². The SMILES string of the molecule is Cl.O=CN1CC=CC1. The molecule has 1 rings (SSSR count). The van der Waals surface area contributed by atoms with Gasteiger partial charge in [0.25, 0.3) is 0 Å². The number of rotatable bonds is 1. The molecule has 1 heterocycles. The maximum Gasteiger partial charge on any atom is 0.210 e. The smallest absolute Gasteiger partial charge is 0.210 e. The lowest BCUT2D eigenvalue weighted by Gasteiger charge is -2.03. The van der Waals surface area contributed by atoms with Crippen LogP contribution in [0.1, 0.15) is 0 Å². The third-order valence-electron chi connectivity index (χ3n) is 0.996. The minimum absolute atomic E-state index is 0. The molecule has 0 fully saturated rings. The van der Waals surface area contributed by atoms with Crippen molar-refractivity contribution in [1.82, 2.24) is 4.90 Å². The fraction of sp³-hybridized carbons (Fsp3) is 0.400. The molecule has 2 nitrogen and oxygen atoms in total. The van der Waals surface area contributed by atoms with Crippen LogP contribution in [0.3, 0.4) is 0 Å². The summed E-state index contributed by atoms with van der Waals surface area (Å²) in [6.07, 6.45) is 4.82. The van der Waals surface area contributed by atoms with Crippen LogP contribution in [0, 0.1) is 0 Å². The fourth-order valence-electron chi connectivity index (χ4n) is 0.580. The van der Waals surface area contributed by atoms with Crippen LogP contribution in [0.4, 0.5) is 0 Å². The van der Waals surface area contributed by atoms with E-state index in [1.54, 1.807) is 4.90 Å². The molecule has 0 aliphatic carbocycles. The Morgan fingerprint density at radius 2 is 1.88 bits per heavy atom. The number of halogens is 1. The highest BCUT2D eigenvalue weighted by Crippen LogP contribution is 1.92. The first-order valence-corrected chi connectivity index (χ1v) is 2.28. The Kier molecular flexibility index (Phi) is 3.28. The maximum atomic E-state index is 9.89. The van der Waals surface area contributed by atoms with Crippen molar-refractivity contribution in [2.45, 2.75) is 0 Å². The molecule has 0 atom stereocenters. The highest BCUT2D eigenvalue weighted by atomic mass is 35.5. The second-order valence-corrected chi connectivity index (χ2v) is 1.53. The van der Waals surface area contributed by atoms with Gasteiger partial charge in [0.1, 0.15) is 0 Å². The summed E-state index contributed by atoms with van der Waals surface area (Å²) in [6, 6.07) is 0. The van der Waals surface area contributed by atoms with Crippen LogP contribution in [0.15, 0.2) is 12.2 Å². The van der Waals surface area contributed by atoms with Gasteiger partial charge in [-0.05, 0) is 0 Å². The van der Waals surface area contributed by atoms with Crippen LogP contribution in [0.5, 0.6) is 0 Å². The standard InChI is InChI=1S/C5H7NO.ClH/c7-5-6-3-1-2-4-6;/h1-2,5H,3-4H2;1H. The molecule has 0 aromatic rings. The number of nitrogens with zero attached hydrogens (tertiary/aromatic N) is 1. The molecule has 0 aromatic carbocycles. The zero-order valence-corrected chi connectivity index (χ0v) is 5.23. The number of amides is 1. The van der Waals surface area contributed by atoms with Crippen LogP contribution in [-0.2, 0) is 4.79 Å². The van der Waals surface area contributed by atoms with Gasteiger partial charge in [-0.1, -0.05) is 12.2 Å². The molecule has 0 saturated carbocycles. The van der Waals surface area contributed by atoms with E-state index in [4.69, 9.17) is 0 Å². The van der Waals surface area contributed by atoms with Gasteiger partial charge in [-0.25, -0.2) is 0 Å². The molecule has 0 radical (unpaired) electrons. The molecule has 46 valence electrons. The van der Waals surface area contributed by atoms with Crippen molar-refractivity contribution in [2.24, 2.45) is 0 Å². The quantitative estimate of drug-likeness (QED) is 0.376. The Labute approximate surface area is 54.6 Å². The summed E-state index contributed by atoms with van der Waals surface area (Å²) in [5.41, 5.74) is 0. The maximum absolute atomic E-state index is 9.89. The normalized spacial score (nSPS) is 15.8. The highest BCUT2D eigenvalue weighted by molar-refractivity contribution is 5.85. The Balaban J connectivity index is 0.000000490. The van der Waals surface area contributed by atoms with Gasteiger partial charge in [0.2, 0.25) is 6.41 Å². The van der Waals surface area contributed by atoms with E-state index < -0.39 is 0 Å². The van der Waals surface area contributed by atoms with Gasteiger partial charge in [-0.2, -0.15) is 0 Å². The molecule has 0 N–H and O–H groups in total. The van der Waals surface area contributed by atoms with Crippen molar-refractivity contribution in [1.29, 1.82) is 0 Å². The molecular weight excluding hydrogens is 126 g/mol. The lowest BCUT2D eigenvalue weighted by Crippen LogP contribution is -2.16. The van der Waals surface area contributed by atoms with Gasteiger partial charge in [-0.3, -0.25) is 4.79 Å². The average Bonchev–Trinajstić information content (AvgIpc) is 2.14. The Morgan fingerprint density at radius 1 is 1.38 bits per heavy atom. The summed E-state index contributed by atoms with van der Waals surface area (Å²) in [6.45, 7) is 1.59. The summed E-state index contributed by atoms with van der Waals surface area (Å²) >= 11 is 0. The van der Waals surface area contributed by atoms with Gasteiger partial charge in [0.05, 0.1) is 0 Å². The van der Waals surface area contributed by atoms with Crippen molar-refractivity contribution in [3.05, 3.63) is 12.2 Å². The van der Waals surface area contributed by atoms with Crippen LogP contribution in [0.25, 0.3) is 0 Å². The van der Waals surface area contributed by atoms with E-state index in [1.807, 2.05) is 12.2 Å². The third-order valence-corrected chi connectivity index (χ3v) is 0.996. The molecule has 0 bridgehead atoms. The number of hydrogen-bond donors (Lipinski definition) is 0. The second kappa shape index (κ2) is 3.50. The highest BCUT2D eigenvalue weighted by Gasteiger charge is 1.98. The van der Waals surface area contributed by atoms with Gasteiger partial charge < -0.3 is 4.90 Å². The first-order chi connectivity index (χ1) is 3.43.